The number of hydrogen-bond donors (Lipinski definition) is 2. The number of nitrogens with zero attached hydrogens (tertiary/aromatic N) is 1. The molecule has 2 aromatic rings. The average Bonchev–Trinajstić information content (AvgIpc) is 2.94. The standard InChI is InChI=1S/C17H21BrFN3O2/c1-11(2)15-14(18)16(22-21-15)17(23)20-9-3-4-10-24-13-7-5-12(19)6-8-13/h5-8,11H,3-4,9-10H2,1-2H3,(H,20,23)(H,21,22). The van der Waals surface area contributed by atoms with E-state index in [-0.39, 0.29) is 17.6 Å². The van der Waals surface area contributed by atoms with Crippen LogP contribution in [0.25, 0.3) is 0 Å². The molecule has 0 fully saturated rings. The summed E-state index contributed by atoms with van der Waals surface area (Å²) in [7, 11) is 0. The second-order valence-corrected chi connectivity index (χ2v) is 6.51. The molecule has 0 aliphatic heterocycles. The maximum atomic E-state index is 12.8. The number of halogens is 2. The van der Waals surface area contributed by atoms with Crippen LogP contribution >= 0.6 is 15.9 Å². The maximum Gasteiger partial charge on any atom is 0.272 e. The van der Waals surface area contributed by atoms with E-state index in [0.717, 1.165) is 23.0 Å². The number of carbonyl (C=O) groups excluding carboxylic acids is 1. The Morgan fingerprint density at radius 2 is 2.04 bits per heavy atom. The summed E-state index contributed by atoms with van der Waals surface area (Å²) in [6.07, 6.45) is 1.57. The number of rotatable bonds is 8. The monoisotopic (exact) mass is 397 g/mol. The highest BCUT2D eigenvalue weighted by Gasteiger charge is 2.18. The highest BCUT2D eigenvalue weighted by atomic mass is 79.9. The van der Waals surface area contributed by atoms with Crippen LogP contribution in [0.15, 0.2) is 28.7 Å². The van der Waals surface area contributed by atoms with Gasteiger partial charge in [-0.05, 0) is 59.0 Å². The number of unbranched alkanes of at least 4 members (excludes halogenated alkanes) is 1. The van der Waals surface area contributed by atoms with Crippen molar-refractivity contribution in [2.24, 2.45) is 0 Å². The predicted octanol–water partition coefficient (Wildman–Crippen LogP) is 4.02. The van der Waals surface area contributed by atoms with Crippen LogP contribution in [0.2, 0.25) is 0 Å². The van der Waals surface area contributed by atoms with Gasteiger partial charge in [-0.3, -0.25) is 9.89 Å². The van der Waals surface area contributed by atoms with Crippen molar-refractivity contribution in [2.75, 3.05) is 13.2 Å². The molecule has 0 unspecified atom stereocenters. The third-order valence-corrected chi connectivity index (χ3v) is 4.27. The van der Waals surface area contributed by atoms with Gasteiger partial charge in [0.1, 0.15) is 11.6 Å². The van der Waals surface area contributed by atoms with Gasteiger partial charge in [0.15, 0.2) is 5.69 Å². The predicted molar refractivity (Wildman–Crippen MR) is 93.8 cm³/mol. The number of benzene rings is 1. The molecule has 7 heteroatoms. The number of ether oxygens (including phenoxy) is 1. The zero-order chi connectivity index (χ0) is 17.5. The zero-order valence-corrected chi connectivity index (χ0v) is 15.3. The number of hydrogen-bond acceptors (Lipinski definition) is 3. The lowest BCUT2D eigenvalue weighted by Crippen LogP contribution is -2.25. The molecule has 2 rings (SSSR count). The van der Waals surface area contributed by atoms with Crippen LogP contribution in [0.4, 0.5) is 4.39 Å². The fourth-order valence-corrected chi connectivity index (χ4v) is 2.92. The molecule has 0 bridgehead atoms. The van der Waals surface area contributed by atoms with Crippen LogP contribution in [0.3, 0.4) is 0 Å². The quantitative estimate of drug-likeness (QED) is 0.660. The van der Waals surface area contributed by atoms with E-state index in [0.29, 0.717) is 24.6 Å². The number of nitrogens with one attached hydrogen (secondary N) is 2. The van der Waals surface area contributed by atoms with E-state index < -0.39 is 0 Å². The lowest BCUT2D eigenvalue weighted by Gasteiger charge is -2.07. The minimum atomic E-state index is -0.282. The van der Waals surface area contributed by atoms with Crippen molar-refractivity contribution in [2.45, 2.75) is 32.6 Å². The summed E-state index contributed by atoms with van der Waals surface area (Å²) in [5.41, 5.74) is 1.29. The number of amides is 1. The molecule has 0 aliphatic carbocycles. The van der Waals surface area contributed by atoms with E-state index in [1.807, 2.05) is 13.8 Å². The van der Waals surface area contributed by atoms with E-state index in [1.165, 1.54) is 12.1 Å². The maximum absolute atomic E-state index is 12.8. The normalized spacial score (nSPS) is 10.9. The Hall–Kier alpha value is -1.89. The number of aromatic nitrogens is 2. The molecule has 1 heterocycles. The van der Waals surface area contributed by atoms with Crippen molar-refractivity contribution < 1.29 is 13.9 Å². The van der Waals surface area contributed by atoms with Crippen molar-refractivity contribution in [1.82, 2.24) is 15.5 Å². The van der Waals surface area contributed by atoms with Crippen molar-refractivity contribution in [1.29, 1.82) is 0 Å². The SMILES string of the molecule is CC(C)c1[nH]nc(C(=O)NCCCCOc2ccc(F)cc2)c1Br. The van der Waals surface area contributed by atoms with Gasteiger partial charge in [-0.15, -0.1) is 0 Å². The minimum Gasteiger partial charge on any atom is -0.494 e. The highest BCUT2D eigenvalue weighted by Crippen LogP contribution is 2.25. The van der Waals surface area contributed by atoms with Gasteiger partial charge in [-0.1, -0.05) is 13.8 Å². The van der Waals surface area contributed by atoms with Gasteiger partial charge >= 0.3 is 0 Å². The molecular formula is C17H21BrFN3O2. The smallest absolute Gasteiger partial charge is 0.272 e. The van der Waals surface area contributed by atoms with Gasteiger partial charge in [0.2, 0.25) is 0 Å². The molecule has 5 nitrogen and oxygen atoms in total. The van der Waals surface area contributed by atoms with Crippen LogP contribution in [0.5, 0.6) is 5.75 Å². The van der Waals surface area contributed by atoms with Gasteiger partial charge in [-0.2, -0.15) is 5.10 Å². The first-order valence-electron chi connectivity index (χ1n) is 7.89. The first-order valence-corrected chi connectivity index (χ1v) is 8.68. The molecule has 1 aromatic heterocycles. The lowest BCUT2D eigenvalue weighted by molar-refractivity contribution is 0.0946. The first kappa shape index (κ1) is 18.4. The summed E-state index contributed by atoms with van der Waals surface area (Å²) >= 11 is 3.42. The van der Waals surface area contributed by atoms with Gasteiger partial charge in [0, 0.05) is 6.54 Å². The van der Waals surface area contributed by atoms with Crippen molar-refractivity contribution in [3.8, 4) is 5.75 Å². The third kappa shape index (κ3) is 5.06. The van der Waals surface area contributed by atoms with E-state index in [4.69, 9.17) is 4.74 Å². The van der Waals surface area contributed by atoms with E-state index >= 15 is 0 Å². The summed E-state index contributed by atoms with van der Waals surface area (Å²) in [6, 6.07) is 5.92. The summed E-state index contributed by atoms with van der Waals surface area (Å²) in [6.45, 7) is 5.12. The number of carbonyl (C=O) groups is 1. The molecule has 0 saturated carbocycles. The van der Waals surface area contributed by atoms with Gasteiger partial charge in [-0.25, -0.2) is 4.39 Å². The van der Waals surface area contributed by atoms with Crippen LogP contribution in [0.1, 0.15) is 48.8 Å². The molecule has 24 heavy (non-hydrogen) atoms. The van der Waals surface area contributed by atoms with E-state index in [2.05, 4.69) is 31.4 Å². The highest BCUT2D eigenvalue weighted by molar-refractivity contribution is 9.10. The molecule has 130 valence electrons. The largest absolute Gasteiger partial charge is 0.494 e. The molecule has 0 radical (unpaired) electrons. The summed E-state index contributed by atoms with van der Waals surface area (Å²) in [5, 5.41) is 9.78. The molecule has 0 spiro atoms. The molecule has 1 amide bonds. The average molecular weight is 398 g/mol. The van der Waals surface area contributed by atoms with E-state index in [9.17, 15) is 9.18 Å². The second kappa shape index (κ2) is 8.82. The Labute approximate surface area is 149 Å². The fraction of sp³-hybridized carbons (Fsp3) is 0.412. The molecule has 2 N–H and O–H groups in total. The van der Waals surface area contributed by atoms with Crippen molar-refractivity contribution in [3.63, 3.8) is 0 Å². The Balaban J connectivity index is 1.67. The van der Waals surface area contributed by atoms with Gasteiger partial charge in [0.05, 0.1) is 16.8 Å². The minimum absolute atomic E-state index is 0.204. The number of H-pyrrole nitrogens is 1. The van der Waals surface area contributed by atoms with Crippen molar-refractivity contribution in [3.05, 3.63) is 45.9 Å². The second-order valence-electron chi connectivity index (χ2n) is 5.72. The Morgan fingerprint density at radius 1 is 1.33 bits per heavy atom. The van der Waals surface area contributed by atoms with Crippen LogP contribution in [0, 0.1) is 5.82 Å². The zero-order valence-electron chi connectivity index (χ0n) is 13.7. The Kier molecular flexibility index (Phi) is 6.78. The molecule has 0 atom stereocenters. The topological polar surface area (TPSA) is 67.0 Å². The third-order valence-electron chi connectivity index (χ3n) is 3.46. The Morgan fingerprint density at radius 3 is 2.67 bits per heavy atom. The summed E-state index contributed by atoms with van der Waals surface area (Å²) < 4.78 is 19.0. The first-order chi connectivity index (χ1) is 11.5. The molecule has 0 saturated heterocycles. The van der Waals surface area contributed by atoms with Crippen LogP contribution in [-0.2, 0) is 0 Å². The van der Waals surface area contributed by atoms with E-state index in [1.54, 1.807) is 12.1 Å². The van der Waals surface area contributed by atoms with Crippen LogP contribution < -0.4 is 10.1 Å². The summed E-state index contributed by atoms with van der Waals surface area (Å²) in [4.78, 5) is 12.1. The van der Waals surface area contributed by atoms with Crippen molar-refractivity contribution >= 4 is 21.8 Å². The molecule has 0 aliphatic rings. The van der Waals surface area contributed by atoms with Crippen LogP contribution in [-0.4, -0.2) is 29.3 Å². The summed E-state index contributed by atoms with van der Waals surface area (Å²) in [5.74, 6) is 0.416. The molecule has 1 aromatic carbocycles. The lowest BCUT2D eigenvalue weighted by atomic mass is 10.1. The van der Waals surface area contributed by atoms with Gasteiger partial charge in [0.25, 0.3) is 5.91 Å². The molecular weight excluding hydrogens is 377 g/mol. The Bertz CT molecular complexity index is 671. The van der Waals surface area contributed by atoms with Gasteiger partial charge < -0.3 is 10.1 Å². The fourth-order valence-electron chi connectivity index (χ4n) is 2.11. The number of aromatic amines is 1.